The van der Waals surface area contributed by atoms with Crippen LogP contribution in [0.2, 0.25) is 0 Å². The molecule has 2 aromatic heterocycles. The number of rotatable bonds is 4. The quantitative estimate of drug-likeness (QED) is 0.731. The number of fused-ring (bicyclic) bond motifs is 1. The number of hydrogen-bond donors (Lipinski definition) is 2. The molecule has 0 fully saturated rings. The van der Waals surface area contributed by atoms with Crippen molar-refractivity contribution in [2.45, 2.75) is 19.5 Å². The molecule has 0 bridgehead atoms. The minimum absolute atomic E-state index is 0.216. The fraction of sp³-hybridized carbons (Fsp3) is 0.200. The van der Waals surface area contributed by atoms with Crippen molar-refractivity contribution in [2.75, 3.05) is 0 Å². The summed E-state index contributed by atoms with van der Waals surface area (Å²) in [7, 11) is 0. The molecule has 3 heteroatoms. The summed E-state index contributed by atoms with van der Waals surface area (Å²) in [6, 6.07) is 12.5. The van der Waals surface area contributed by atoms with E-state index in [1.54, 1.807) is 6.26 Å². The van der Waals surface area contributed by atoms with E-state index < -0.39 is 0 Å². The molecule has 0 radical (unpaired) electrons. The predicted octanol–water partition coefficient (Wildman–Crippen LogP) is 3.61. The van der Waals surface area contributed by atoms with Crippen LogP contribution in [-0.4, -0.2) is 4.98 Å². The van der Waals surface area contributed by atoms with Gasteiger partial charge in [0.05, 0.1) is 12.3 Å². The topological polar surface area (TPSA) is 41.0 Å². The number of hydrogen-bond acceptors (Lipinski definition) is 2. The maximum absolute atomic E-state index is 5.38. The van der Waals surface area contributed by atoms with Gasteiger partial charge in [-0.3, -0.25) is 0 Å². The van der Waals surface area contributed by atoms with E-state index in [-0.39, 0.29) is 6.04 Å². The number of benzene rings is 1. The van der Waals surface area contributed by atoms with Crippen molar-refractivity contribution in [1.29, 1.82) is 0 Å². The Bertz CT molecular complexity index is 625. The van der Waals surface area contributed by atoms with E-state index in [9.17, 15) is 0 Å². The minimum Gasteiger partial charge on any atom is -0.468 e. The van der Waals surface area contributed by atoms with Crippen LogP contribution in [-0.2, 0) is 6.54 Å². The van der Waals surface area contributed by atoms with Crippen molar-refractivity contribution in [3.05, 3.63) is 60.2 Å². The van der Waals surface area contributed by atoms with Crippen LogP contribution in [0.4, 0.5) is 0 Å². The molecular formula is C15H16N2O. The Balaban J connectivity index is 1.73. The molecule has 0 saturated carbocycles. The van der Waals surface area contributed by atoms with Gasteiger partial charge in [0.2, 0.25) is 0 Å². The Morgan fingerprint density at radius 1 is 1.22 bits per heavy atom. The van der Waals surface area contributed by atoms with Gasteiger partial charge in [-0.15, -0.1) is 0 Å². The van der Waals surface area contributed by atoms with E-state index in [2.05, 4.69) is 41.6 Å². The lowest BCUT2D eigenvalue weighted by molar-refractivity contribution is 0.430. The zero-order valence-corrected chi connectivity index (χ0v) is 10.3. The Hall–Kier alpha value is -2.00. The third-order valence-corrected chi connectivity index (χ3v) is 3.24. The summed E-state index contributed by atoms with van der Waals surface area (Å²) in [4.78, 5) is 3.28. The van der Waals surface area contributed by atoms with E-state index >= 15 is 0 Å². The van der Waals surface area contributed by atoms with Crippen LogP contribution in [0.1, 0.15) is 24.3 Å². The molecule has 2 heterocycles. The van der Waals surface area contributed by atoms with Gasteiger partial charge in [0, 0.05) is 23.6 Å². The second-order valence-corrected chi connectivity index (χ2v) is 4.48. The zero-order valence-electron chi connectivity index (χ0n) is 10.3. The molecule has 1 aromatic carbocycles. The molecule has 3 nitrogen and oxygen atoms in total. The first kappa shape index (κ1) is 11.1. The van der Waals surface area contributed by atoms with E-state index in [1.807, 2.05) is 18.2 Å². The third kappa shape index (κ3) is 2.05. The molecule has 1 atom stereocenters. The van der Waals surface area contributed by atoms with Crippen LogP contribution in [0.3, 0.4) is 0 Å². The number of para-hydroxylation sites is 1. The lowest BCUT2D eigenvalue weighted by Crippen LogP contribution is -2.17. The maximum Gasteiger partial charge on any atom is 0.120 e. The van der Waals surface area contributed by atoms with Gasteiger partial charge >= 0.3 is 0 Å². The van der Waals surface area contributed by atoms with Crippen LogP contribution in [0, 0.1) is 0 Å². The number of nitrogens with one attached hydrogen (secondary N) is 2. The summed E-state index contributed by atoms with van der Waals surface area (Å²) in [6.07, 6.45) is 3.77. The second-order valence-electron chi connectivity index (χ2n) is 4.48. The van der Waals surface area contributed by atoms with E-state index in [1.165, 1.54) is 16.5 Å². The normalized spacial score (nSPS) is 12.9. The monoisotopic (exact) mass is 240 g/mol. The first-order valence-corrected chi connectivity index (χ1v) is 6.16. The van der Waals surface area contributed by atoms with Crippen LogP contribution in [0.15, 0.2) is 53.3 Å². The average Bonchev–Trinajstić information content (AvgIpc) is 3.06. The van der Waals surface area contributed by atoms with Crippen molar-refractivity contribution in [1.82, 2.24) is 10.3 Å². The molecule has 92 valence electrons. The maximum atomic E-state index is 5.38. The molecule has 2 N–H and O–H groups in total. The molecular weight excluding hydrogens is 224 g/mol. The Morgan fingerprint density at radius 3 is 2.94 bits per heavy atom. The fourth-order valence-electron chi connectivity index (χ4n) is 2.18. The number of H-pyrrole nitrogens is 1. The van der Waals surface area contributed by atoms with Gasteiger partial charge < -0.3 is 14.7 Å². The van der Waals surface area contributed by atoms with Gasteiger partial charge in [-0.2, -0.15) is 0 Å². The van der Waals surface area contributed by atoms with Crippen LogP contribution in [0.25, 0.3) is 10.9 Å². The van der Waals surface area contributed by atoms with Gasteiger partial charge in [-0.1, -0.05) is 18.2 Å². The predicted molar refractivity (Wildman–Crippen MR) is 72.3 cm³/mol. The fourth-order valence-corrected chi connectivity index (χ4v) is 2.18. The van der Waals surface area contributed by atoms with Gasteiger partial charge in [-0.25, -0.2) is 0 Å². The highest BCUT2D eigenvalue weighted by atomic mass is 16.3. The molecule has 0 amide bonds. The second kappa shape index (κ2) is 4.70. The average molecular weight is 240 g/mol. The molecule has 0 spiro atoms. The molecule has 0 saturated heterocycles. The molecule has 0 aliphatic rings. The summed E-state index contributed by atoms with van der Waals surface area (Å²) in [6.45, 7) is 2.93. The van der Waals surface area contributed by atoms with Crippen molar-refractivity contribution < 1.29 is 4.42 Å². The Morgan fingerprint density at radius 2 is 2.11 bits per heavy atom. The van der Waals surface area contributed by atoms with Gasteiger partial charge in [0.15, 0.2) is 0 Å². The third-order valence-electron chi connectivity index (χ3n) is 3.24. The summed E-state index contributed by atoms with van der Waals surface area (Å²) < 4.78 is 5.38. The molecule has 3 aromatic rings. The van der Waals surface area contributed by atoms with E-state index in [0.717, 1.165) is 12.3 Å². The van der Waals surface area contributed by atoms with E-state index in [0.29, 0.717) is 0 Å². The van der Waals surface area contributed by atoms with Crippen LogP contribution >= 0.6 is 0 Å². The van der Waals surface area contributed by atoms with Crippen molar-refractivity contribution in [3.8, 4) is 0 Å². The van der Waals surface area contributed by atoms with Crippen molar-refractivity contribution in [2.24, 2.45) is 0 Å². The first-order chi connectivity index (χ1) is 8.84. The van der Waals surface area contributed by atoms with Gasteiger partial charge in [0.1, 0.15) is 5.76 Å². The molecule has 3 rings (SSSR count). The van der Waals surface area contributed by atoms with Crippen molar-refractivity contribution in [3.63, 3.8) is 0 Å². The van der Waals surface area contributed by atoms with Crippen LogP contribution in [0.5, 0.6) is 0 Å². The lowest BCUT2D eigenvalue weighted by atomic mass is 10.1. The van der Waals surface area contributed by atoms with E-state index in [4.69, 9.17) is 4.42 Å². The Kier molecular flexibility index (Phi) is 2.90. The van der Waals surface area contributed by atoms with Gasteiger partial charge in [-0.05, 0) is 30.7 Å². The van der Waals surface area contributed by atoms with Crippen molar-refractivity contribution >= 4 is 10.9 Å². The number of furan rings is 1. The summed E-state index contributed by atoms with van der Waals surface area (Å²) in [5.74, 6) is 0.967. The highest BCUT2D eigenvalue weighted by molar-refractivity contribution is 5.82. The SMILES string of the molecule is C[C@H](NCc1c[nH]c2ccccc12)c1ccco1. The molecule has 18 heavy (non-hydrogen) atoms. The van der Waals surface area contributed by atoms with Gasteiger partial charge in [0.25, 0.3) is 0 Å². The highest BCUT2D eigenvalue weighted by Crippen LogP contribution is 2.19. The zero-order chi connectivity index (χ0) is 12.4. The highest BCUT2D eigenvalue weighted by Gasteiger charge is 2.08. The molecule has 0 unspecified atom stereocenters. The minimum atomic E-state index is 0.216. The summed E-state index contributed by atoms with van der Waals surface area (Å²) in [5, 5.41) is 4.74. The first-order valence-electron chi connectivity index (χ1n) is 6.16. The summed E-state index contributed by atoms with van der Waals surface area (Å²) in [5.41, 5.74) is 2.46. The number of aromatic amines is 1. The standard InChI is InChI=1S/C15H16N2O/c1-11(15-7-4-8-18-15)16-9-12-10-17-14-6-3-2-5-13(12)14/h2-8,10-11,16-17H,9H2,1H3/t11-/m0/s1. The number of aromatic nitrogens is 1. The summed E-state index contributed by atoms with van der Waals surface area (Å²) >= 11 is 0. The van der Waals surface area contributed by atoms with Crippen LogP contribution < -0.4 is 5.32 Å². The lowest BCUT2D eigenvalue weighted by Gasteiger charge is -2.10. The molecule has 0 aliphatic heterocycles. The molecule has 0 aliphatic carbocycles. The largest absolute Gasteiger partial charge is 0.468 e. The Labute approximate surface area is 106 Å². The smallest absolute Gasteiger partial charge is 0.120 e.